The molecule has 0 unspecified atom stereocenters. The van der Waals surface area contributed by atoms with Crippen LogP contribution in [0.3, 0.4) is 0 Å². The topological polar surface area (TPSA) is 125 Å². The molecule has 9 nitrogen and oxygen atoms in total. The molecule has 10 heteroatoms. The fourth-order valence-electron chi connectivity index (χ4n) is 5.20. The number of nitrogens with one attached hydrogen (secondary N) is 3. The van der Waals surface area contributed by atoms with Crippen molar-refractivity contribution in [2.75, 3.05) is 37.4 Å². The number of nitrogen functional groups attached to an aromatic ring is 1. The van der Waals surface area contributed by atoms with Crippen molar-refractivity contribution >= 4 is 44.9 Å². The van der Waals surface area contributed by atoms with E-state index in [0.717, 1.165) is 67.7 Å². The molecule has 38 heavy (non-hydrogen) atoms. The number of carbonyl (C=O) groups excluding carboxylic acids is 2. The van der Waals surface area contributed by atoms with Crippen molar-refractivity contribution in [1.29, 1.82) is 0 Å². The first-order valence-electron chi connectivity index (χ1n) is 12.9. The number of thiazole rings is 1. The number of morpholine rings is 1. The number of hydrogen-bond acceptors (Lipinski definition) is 7. The van der Waals surface area contributed by atoms with Gasteiger partial charge < -0.3 is 20.8 Å². The van der Waals surface area contributed by atoms with Gasteiger partial charge in [-0.25, -0.2) is 4.98 Å². The number of carbonyl (C=O) groups is 2. The Labute approximate surface area is 224 Å². The smallest absolute Gasteiger partial charge is 0.267 e. The lowest BCUT2D eigenvalue weighted by Crippen LogP contribution is -2.45. The zero-order valence-electron chi connectivity index (χ0n) is 21.0. The highest BCUT2D eigenvalue weighted by Gasteiger charge is 2.28. The second-order valence-corrected chi connectivity index (χ2v) is 10.9. The maximum absolute atomic E-state index is 13.0. The summed E-state index contributed by atoms with van der Waals surface area (Å²) in [5.74, 6) is -0.430. The molecule has 2 amide bonds. The molecule has 1 aliphatic heterocycles. The van der Waals surface area contributed by atoms with Crippen LogP contribution in [0.4, 0.5) is 10.8 Å². The van der Waals surface area contributed by atoms with E-state index in [0.29, 0.717) is 34.7 Å². The minimum absolute atomic E-state index is 0.206. The molecule has 3 heterocycles. The number of nitrogens with zero attached hydrogens (tertiary/aromatic N) is 2. The maximum atomic E-state index is 13.0. The molecule has 0 spiro atoms. The number of aromatic amines is 1. The van der Waals surface area contributed by atoms with E-state index in [1.165, 1.54) is 4.88 Å². The van der Waals surface area contributed by atoms with Crippen LogP contribution in [0.25, 0.3) is 10.9 Å². The van der Waals surface area contributed by atoms with Crippen molar-refractivity contribution in [3.8, 4) is 0 Å². The summed E-state index contributed by atoms with van der Waals surface area (Å²) >= 11 is 1.58. The average Bonchev–Trinajstić information content (AvgIpc) is 3.55. The lowest BCUT2D eigenvalue weighted by atomic mass is 9.96. The molecule has 1 fully saturated rings. The number of aryl methyl sites for hydroxylation is 1. The number of H-pyrrole nitrogens is 1. The molecule has 2 aromatic heterocycles. The Morgan fingerprint density at radius 3 is 2.87 bits per heavy atom. The monoisotopic (exact) mass is 530 g/mol. The van der Waals surface area contributed by atoms with E-state index in [9.17, 15) is 9.59 Å². The molecule has 196 valence electrons. The number of benzene rings is 2. The van der Waals surface area contributed by atoms with Gasteiger partial charge in [0.2, 0.25) is 0 Å². The van der Waals surface area contributed by atoms with Crippen molar-refractivity contribution in [3.63, 3.8) is 0 Å². The minimum Gasteiger partial charge on any atom is -0.399 e. The van der Waals surface area contributed by atoms with Crippen LogP contribution in [0, 0.1) is 0 Å². The van der Waals surface area contributed by atoms with Crippen molar-refractivity contribution in [3.05, 3.63) is 75.9 Å². The summed E-state index contributed by atoms with van der Waals surface area (Å²) in [6.07, 6.45) is 2.99. The first-order valence-corrected chi connectivity index (χ1v) is 13.7. The molecule has 1 saturated heterocycles. The highest BCUT2D eigenvalue weighted by atomic mass is 32.1. The summed E-state index contributed by atoms with van der Waals surface area (Å²) < 4.78 is 5.50. The number of amides is 2. The standard InChI is InChI=1S/C28H30N6O3S/c29-20-5-4-18-13-24(31-23(18)14-20)27(36)30-16-17-2-1-3-19(12-17)26(35)33-28-32-22-7-6-21(15-25(22)38-28)34-8-10-37-11-9-34/h1-5,12-14,21,31H,6-11,15-16,29H2,(H,30,36)(H,32,33,35)/t21-/m0/s1. The summed E-state index contributed by atoms with van der Waals surface area (Å²) in [5.41, 5.74) is 10.2. The number of rotatable bonds is 6. The van der Waals surface area contributed by atoms with Crippen molar-refractivity contribution in [2.45, 2.75) is 31.8 Å². The molecule has 0 saturated carbocycles. The minimum atomic E-state index is -0.224. The van der Waals surface area contributed by atoms with Gasteiger partial charge in [0, 0.05) is 52.7 Å². The molecule has 2 aromatic carbocycles. The van der Waals surface area contributed by atoms with E-state index in [1.807, 2.05) is 18.2 Å². The van der Waals surface area contributed by atoms with Crippen LogP contribution in [-0.4, -0.2) is 59.0 Å². The lowest BCUT2D eigenvalue weighted by molar-refractivity contribution is 0.0139. The third-order valence-corrected chi connectivity index (χ3v) is 8.26. The Balaban J connectivity index is 1.07. The number of hydrogen-bond donors (Lipinski definition) is 4. The zero-order valence-corrected chi connectivity index (χ0v) is 21.8. The number of fused-ring (bicyclic) bond motifs is 2. The fraction of sp³-hybridized carbons (Fsp3) is 0.321. The van der Waals surface area contributed by atoms with Crippen LogP contribution in [0.1, 0.15) is 43.4 Å². The molecule has 6 rings (SSSR count). The molecule has 1 atom stereocenters. The van der Waals surface area contributed by atoms with Crippen LogP contribution in [0.2, 0.25) is 0 Å². The number of aromatic nitrogens is 2. The molecule has 5 N–H and O–H groups in total. The van der Waals surface area contributed by atoms with Crippen molar-refractivity contribution in [2.24, 2.45) is 0 Å². The summed E-state index contributed by atoms with van der Waals surface area (Å²) in [4.78, 5) is 37.3. The van der Waals surface area contributed by atoms with E-state index in [-0.39, 0.29) is 11.8 Å². The van der Waals surface area contributed by atoms with E-state index in [1.54, 1.807) is 41.7 Å². The Morgan fingerprint density at radius 1 is 1.13 bits per heavy atom. The maximum Gasteiger partial charge on any atom is 0.267 e. The van der Waals surface area contributed by atoms with Gasteiger partial charge in [-0.15, -0.1) is 11.3 Å². The molecular weight excluding hydrogens is 500 g/mol. The van der Waals surface area contributed by atoms with Gasteiger partial charge in [0.25, 0.3) is 11.8 Å². The van der Waals surface area contributed by atoms with Gasteiger partial charge in [0.15, 0.2) is 5.13 Å². The zero-order chi connectivity index (χ0) is 26.1. The average molecular weight is 531 g/mol. The molecule has 4 aromatic rings. The van der Waals surface area contributed by atoms with E-state index < -0.39 is 0 Å². The molecule has 2 aliphatic rings. The van der Waals surface area contributed by atoms with Crippen LogP contribution in [0.5, 0.6) is 0 Å². The molecule has 0 radical (unpaired) electrons. The van der Waals surface area contributed by atoms with Gasteiger partial charge in [0.1, 0.15) is 5.69 Å². The predicted octanol–water partition coefficient (Wildman–Crippen LogP) is 3.58. The number of ether oxygens (including phenoxy) is 1. The van der Waals surface area contributed by atoms with Gasteiger partial charge >= 0.3 is 0 Å². The van der Waals surface area contributed by atoms with Gasteiger partial charge in [-0.1, -0.05) is 18.2 Å². The van der Waals surface area contributed by atoms with Gasteiger partial charge in [-0.2, -0.15) is 0 Å². The van der Waals surface area contributed by atoms with Gasteiger partial charge in [0.05, 0.1) is 18.9 Å². The van der Waals surface area contributed by atoms with Crippen molar-refractivity contribution in [1.82, 2.24) is 20.2 Å². The van der Waals surface area contributed by atoms with Crippen LogP contribution in [0.15, 0.2) is 48.5 Å². The summed E-state index contributed by atoms with van der Waals surface area (Å²) in [7, 11) is 0. The van der Waals surface area contributed by atoms with E-state index >= 15 is 0 Å². The predicted molar refractivity (Wildman–Crippen MR) is 149 cm³/mol. The normalized spacial score (nSPS) is 17.7. The Hall–Kier alpha value is -3.73. The largest absolute Gasteiger partial charge is 0.399 e. The SMILES string of the molecule is Nc1ccc2cc(C(=O)NCc3cccc(C(=O)Nc4nc5c(s4)C[C@@H](N4CCOCC4)CC5)c3)[nH]c2c1. The summed E-state index contributed by atoms with van der Waals surface area (Å²) in [5, 5.41) is 7.45. The second-order valence-electron chi connectivity index (χ2n) is 9.80. The molecular formula is C28H30N6O3S. The second kappa shape index (κ2) is 10.6. The molecule has 1 aliphatic carbocycles. The van der Waals surface area contributed by atoms with E-state index in [4.69, 9.17) is 15.5 Å². The van der Waals surface area contributed by atoms with Crippen LogP contribution >= 0.6 is 11.3 Å². The molecule has 0 bridgehead atoms. The number of anilines is 2. The van der Waals surface area contributed by atoms with Crippen LogP contribution in [-0.2, 0) is 24.1 Å². The van der Waals surface area contributed by atoms with Gasteiger partial charge in [-0.3, -0.25) is 19.8 Å². The number of nitrogens with two attached hydrogens (primary N) is 1. The third-order valence-electron chi connectivity index (χ3n) is 7.23. The summed E-state index contributed by atoms with van der Waals surface area (Å²) in [6, 6.07) is 15.1. The van der Waals surface area contributed by atoms with Crippen molar-refractivity contribution < 1.29 is 14.3 Å². The van der Waals surface area contributed by atoms with Crippen LogP contribution < -0.4 is 16.4 Å². The highest BCUT2D eigenvalue weighted by molar-refractivity contribution is 7.15. The first-order chi connectivity index (χ1) is 18.5. The first kappa shape index (κ1) is 24.6. The third kappa shape index (κ3) is 5.28. The quantitative estimate of drug-likeness (QED) is 0.283. The Bertz CT molecular complexity index is 1490. The highest BCUT2D eigenvalue weighted by Crippen LogP contribution is 2.32. The summed E-state index contributed by atoms with van der Waals surface area (Å²) in [6.45, 7) is 3.86. The fourth-order valence-corrected chi connectivity index (χ4v) is 6.28. The lowest BCUT2D eigenvalue weighted by Gasteiger charge is -2.36. The Kier molecular flexibility index (Phi) is 6.84. The van der Waals surface area contributed by atoms with Gasteiger partial charge in [-0.05, 0) is 55.2 Å². The van der Waals surface area contributed by atoms with E-state index in [2.05, 4.69) is 20.5 Å². The Morgan fingerprint density at radius 2 is 2.00 bits per heavy atom.